The fourth-order valence-electron chi connectivity index (χ4n) is 2.63. The van der Waals surface area contributed by atoms with Crippen molar-refractivity contribution in [1.82, 2.24) is 10.3 Å². The quantitative estimate of drug-likeness (QED) is 0.874. The molecule has 1 N–H and O–H groups in total. The van der Waals surface area contributed by atoms with Gasteiger partial charge in [-0.3, -0.25) is 0 Å². The van der Waals surface area contributed by atoms with E-state index < -0.39 is 0 Å². The summed E-state index contributed by atoms with van der Waals surface area (Å²) in [5.74, 6) is 0.675. The summed E-state index contributed by atoms with van der Waals surface area (Å²) in [7, 11) is 0. The molecule has 1 unspecified atom stereocenters. The van der Waals surface area contributed by atoms with Gasteiger partial charge in [-0.1, -0.05) is 26.7 Å². The summed E-state index contributed by atoms with van der Waals surface area (Å²) in [4.78, 5) is 4.45. The maximum atomic E-state index is 4.45. The maximum absolute atomic E-state index is 4.45. The average molecular weight is 238 g/mol. The van der Waals surface area contributed by atoms with Gasteiger partial charge in [0.25, 0.3) is 0 Å². The topological polar surface area (TPSA) is 24.9 Å². The van der Waals surface area contributed by atoms with Crippen LogP contribution in [0, 0.1) is 5.92 Å². The molecule has 2 nitrogen and oxygen atoms in total. The molecule has 16 heavy (non-hydrogen) atoms. The van der Waals surface area contributed by atoms with E-state index in [0.29, 0.717) is 5.92 Å². The zero-order valence-electron chi connectivity index (χ0n) is 10.3. The summed E-state index contributed by atoms with van der Waals surface area (Å²) >= 11 is 1.79. The molecular formula is C13H22N2S. The SMILES string of the molecule is CC(C)C1(Cc2nccs2)CCCCCN1. The van der Waals surface area contributed by atoms with Crippen molar-refractivity contribution in [1.29, 1.82) is 0 Å². The highest BCUT2D eigenvalue weighted by molar-refractivity contribution is 7.09. The van der Waals surface area contributed by atoms with E-state index in [4.69, 9.17) is 0 Å². The van der Waals surface area contributed by atoms with Gasteiger partial charge >= 0.3 is 0 Å². The van der Waals surface area contributed by atoms with Gasteiger partial charge in [0.1, 0.15) is 0 Å². The number of thiazole rings is 1. The van der Waals surface area contributed by atoms with Crippen molar-refractivity contribution in [2.24, 2.45) is 5.92 Å². The Morgan fingerprint density at radius 1 is 1.44 bits per heavy atom. The third-order valence-electron chi connectivity index (χ3n) is 3.83. The van der Waals surface area contributed by atoms with Crippen molar-refractivity contribution in [3.63, 3.8) is 0 Å². The molecule has 2 heterocycles. The summed E-state index contributed by atoms with van der Waals surface area (Å²) in [6.07, 6.45) is 8.37. The zero-order valence-corrected chi connectivity index (χ0v) is 11.1. The van der Waals surface area contributed by atoms with Crippen LogP contribution in [0.15, 0.2) is 11.6 Å². The maximum Gasteiger partial charge on any atom is 0.0943 e. The number of hydrogen-bond donors (Lipinski definition) is 1. The van der Waals surface area contributed by atoms with Gasteiger partial charge in [0, 0.05) is 23.5 Å². The predicted molar refractivity (Wildman–Crippen MR) is 69.9 cm³/mol. The van der Waals surface area contributed by atoms with Crippen LogP contribution in [0.1, 0.15) is 44.5 Å². The molecule has 0 aliphatic carbocycles. The number of aromatic nitrogens is 1. The Labute approximate surface area is 102 Å². The molecule has 1 aromatic heterocycles. The van der Waals surface area contributed by atoms with Crippen LogP contribution in [-0.2, 0) is 6.42 Å². The summed E-state index contributed by atoms with van der Waals surface area (Å²) < 4.78 is 0. The average Bonchev–Trinajstić information content (AvgIpc) is 2.62. The predicted octanol–water partition coefficient (Wildman–Crippen LogP) is 3.24. The van der Waals surface area contributed by atoms with E-state index >= 15 is 0 Å². The van der Waals surface area contributed by atoms with Crippen molar-refractivity contribution < 1.29 is 0 Å². The molecule has 0 amide bonds. The van der Waals surface area contributed by atoms with E-state index in [9.17, 15) is 0 Å². The van der Waals surface area contributed by atoms with Crippen LogP contribution in [0.4, 0.5) is 0 Å². The van der Waals surface area contributed by atoms with Crippen LogP contribution < -0.4 is 5.32 Å². The third kappa shape index (κ3) is 2.64. The second kappa shape index (κ2) is 5.28. The van der Waals surface area contributed by atoms with Gasteiger partial charge in [-0.15, -0.1) is 11.3 Å². The van der Waals surface area contributed by atoms with Crippen molar-refractivity contribution in [3.8, 4) is 0 Å². The highest BCUT2D eigenvalue weighted by atomic mass is 32.1. The normalized spacial score (nSPS) is 26.9. The van der Waals surface area contributed by atoms with Crippen molar-refractivity contribution in [2.75, 3.05) is 6.54 Å². The first kappa shape index (κ1) is 12.1. The number of nitrogens with zero attached hydrogens (tertiary/aromatic N) is 1. The highest BCUT2D eigenvalue weighted by Crippen LogP contribution is 2.30. The van der Waals surface area contributed by atoms with Crippen molar-refractivity contribution in [3.05, 3.63) is 16.6 Å². The molecule has 1 aliphatic heterocycles. The molecule has 1 saturated heterocycles. The lowest BCUT2D eigenvalue weighted by molar-refractivity contribution is 0.225. The van der Waals surface area contributed by atoms with E-state index in [1.54, 1.807) is 11.3 Å². The van der Waals surface area contributed by atoms with Gasteiger partial charge in [0.2, 0.25) is 0 Å². The summed E-state index contributed by atoms with van der Waals surface area (Å²) in [6.45, 7) is 5.85. The van der Waals surface area contributed by atoms with Gasteiger partial charge < -0.3 is 5.32 Å². The number of hydrogen-bond acceptors (Lipinski definition) is 3. The first-order valence-corrected chi connectivity index (χ1v) is 7.24. The number of rotatable bonds is 3. The standard InChI is InChI=1S/C13H22N2S/c1-11(2)13(6-4-3-5-7-15-13)10-12-14-8-9-16-12/h8-9,11,15H,3-7,10H2,1-2H3. The Kier molecular flexibility index (Phi) is 3.98. The zero-order chi connectivity index (χ0) is 11.4. The van der Waals surface area contributed by atoms with Crippen molar-refractivity contribution >= 4 is 11.3 Å². The first-order chi connectivity index (χ1) is 7.73. The molecule has 1 atom stereocenters. The largest absolute Gasteiger partial charge is 0.311 e. The molecule has 2 rings (SSSR count). The summed E-state index contributed by atoms with van der Waals surface area (Å²) in [5, 5.41) is 7.16. The molecule has 0 radical (unpaired) electrons. The smallest absolute Gasteiger partial charge is 0.0943 e. The Balaban J connectivity index is 2.13. The summed E-state index contributed by atoms with van der Waals surface area (Å²) in [5.41, 5.74) is 0.286. The van der Waals surface area contributed by atoms with Gasteiger partial charge in [0.15, 0.2) is 0 Å². The van der Waals surface area contributed by atoms with Crippen LogP contribution in [0.5, 0.6) is 0 Å². The second-order valence-corrected chi connectivity index (χ2v) is 6.13. The minimum absolute atomic E-state index is 0.286. The highest BCUT2D eigenvalue weighted by Gasteiger charge is 2.34. The van der Waals surface area contributed by atoms with Gasteiger partial charge in [0.05, 0.1) is 5.01 Å². The molecule has 0 spiro atoms. The second-order valence-electron chi connectivity index (χ2n) is 5.15. The van der Waals surface area contributed by atoms with Crippen LogP contribution >= 0.6 is 11.3 Å². The Morgan fingerprint density at radius 3 is 3.00 bits per heavy atom. The van der Waals surface area contributed by atoms with Gasteiger partial charge in [-0.05, 0) is 25.3 Å². The minimum atomic E-state index is 0.286. The Bertz CT molecular complexity index is 298. The fraction of sp³-hybridized carbons (Fsp3) is 0.769. The molecule has 1 aromatic rings. The van der Waals surface area contributed by atoms with E-state index in [1.807, 2.05) is 6.20 Å². The van der Waals surface area contributed by atoms with Gasteiger partial charge in [-0.2, -0.15) is 0 Å². The lowest BCUT2D eigenvalue weighted by Gasteiger charge is -2.37. The third-order valence-corrected chi connectivity index (χ3v) is 4.61. The van der Waals surface area contributed by atoms with Crippen LogP contribution in [-0.4, -0.2) is 17.1 Å². The molecule has 3 heteroatoms. The summed E-state index contributed by atoms with van der Waals surface area (Å²) in [6, 6.07) is 0. The molecule has 0 saturated carbocycles. The molecule has 0 bridgehead atoms. The van der Waals surface area contributed by atoms with Crippen LogP contribution in [0.2, 0.25) is 0 Å². The molecule has 0 aromatic carbocycles. The van der Waals surface area contributed by atoms with E-state index in [0.717, 1.165) is 6.42 Å². The monoisotopic (exact) mass is 238 g/mol. The molecule has 90 valence electrons. The van der Waals surface area contributed by atoms with E-state index in [1.165, 1.54) is 37.2 Å². The van der Waals surface area contributed by atoms with E-state index in [-0.39, 0.29) is 5.54 Å². The van der Waals surface area contributed by atoms with E-state index in [2.05, 4.69) is 29.5 Å². The number of nitrogens with one attached hydrogen (secondary N) is 1. The van der Waals surface area contributed by atoms with Crippen molar-refractivity contribution in [2.45, 2.75) is 51.5 Å². The van der Waals surface area contributed by atoms with Crippen LogP contribution in [0.25, 0.3) is 0 Å². The Hall–Kier alpha value is -0.410. The van der Waals surface area contributed by atoms with Gasteiger partial charge in [-0.25, -0.2) is 4.98 Å². The molecule has 1 fully saturated rings. The molecular weight excluding hydrogens is 216 g/mol. The van der Waals surface area contributed by atoms with Crippen LogP contribution in [0.3, 0.4) is 0 Å². The fourth-order valence-corrected chi connectivity index (χ4v) is 3.37. The Morgan fingerprint density at radius 2 is 2.31 bits per heavy atom. The lowest BCUT2D eigenvalue weighted by Crippen LogP contribution is -2.50. The lowest BCUT2D eigenvalue weighted by atomic mass is 9.80. The molecule has 1 aliphatic rings. The minimum Gasteiger partial charge on any atom is -0.311 e. The first-order valence-electron chi connectivity index (χ1n) is 6.36.